The van der Waals surface area contributed by atoms with Gasteiger partial charge in [0.2, 0.25) is 0 Å². The number of nitrogens with two attached hydrogens (primary N) is 1. The van der Waals surface area contributed by atoms with Crippen LogP contribution in [0.5, 0.6) is 0 Å². The highest BCUT2D eigenvalue weighted by Crippen LogP contribution is 2.24. The van der Waals surface area contributed by atoms with E-state index >= 15 is 0 Å². The van der Waals surface area contributed by atoms with Crippen LogP contribution in [-0.4, -0.2) is 29.0 Å². The predicted molar refractivity (Wildman–Crippen MR) is 68.8 cm³/mol. The van der Waals surface area contributed by atoms with Crippen molar-refractivity contribution in [1.82, 2.24) is 9.88 Å². The zero-order valence-corrected chi connectivity index (χ0v) is 11.1. The third-order valence-electron chi connectivity index (χ3n) is 3.30. The first-order valence-electron chi connectivity index (χ1n) is 5.71. The number of hydrogen-bond donors (Lipinski definition) is 1. The molecule has 0 aromatic carbocycles. The summed E-state index contributed by atoms with van der Waals surface area (Å²) >= 11 is 7.39. The van der Waals surface area contributed by atoms with Crippen LogP contribution in [-0.2, 0) is 6.54 Å². The molecule has 0 radical (unpaired) electrons. The minimum atomic E-state index is 0.419. The molecule has 0 atom stereocenters. The number of halogens is 1. The van der Waals surface area contributed by atoms with Gasteiger partial charge in [-0.1, -0.05) is 11.6 Å². The summed E-state index contributed by atoms with van der Waals surface area (Å²) in [7, 11) is 2.18. The largest absolute Gasteiger partial charge is 0.328 e. The van der Waals surface area contributed by atoms with Gasteiger partial charge in [-0.15, -0.1) is 11.3 Å². The Hall–Kier alpha value is -0.160. The molecule has 1 heterocycles. The zero-order valence-electron chi connectivity index (χ0n) is 9.53. The molecule has 0 bridgehead atoms. The maximum Gasteiger partial charge on any atom is 0.183 e. The summed E-state index contributed by atoms with van der Waals surface area (Å²) in [6.07, 6.45) is 6.60. The molecule has 0 unspecified atom stereocenters. The third kappa shape index (κ3) is 3.17. The van der Waals surface area contributed by atoms with E-state index in [1.807, 2.05) is 6.20 Å². The average molecular weight is 260 g/mol. The lowest BCUT2D eigenvalue weighted by Gasteiger charge is -2.33. The number of aromatic nitrogens is 1. The molecule has 1 aromatic heterocycles. The second kappa shape index (κ2) is 5.45. The monoisotopic (exact) mass is 259 g/mol. The number of hydrogen-bond acceptors (Lipinski definition) is 4. The van der Waals surface area contributed by atoms with Crippen molar-refractivity contribution in [2.75, 3.05) is 7.05 Å². The van der Waals surface area contributed by atoms with Gasteiger partial charge < -0.3 is 5.73 Å². The van der Waals surface area contributed by atoms with Crippen molar-refractivity contribution in [3.63, 3.8) is 0 Å². The minimum absolute atomic E-state index is 0.419. The summed E-state index contributed by atoms with van der Waals surface area (Å²) in [6.45, 7) is 0.949. The van der Waals surface area contributed by atoms with Crippen LogP contribution in [0, 0.1) is 0 Å². The van der Waals surface area contributed by atoms with Crippen molar-refractivity contribution in [3.05, 3.63) is 15.5 Å². The second-order valence-corrected chi connectivity index (χ2v) is 6.26. The first-order valence-corrected chi connectivity index (χ1v) is 6.90. The molecule has 3 nitrogen and oxygen atoms in total. The Morgan fingerprint density at radius 3 is 2.75 bits per heavy atom. The predicted octanol–water partition coefficient (Wildman–Crippen LogP) is 2.50. The average Bonchev–Trinajstić information content (AvgIpc) is 2.65. The summed E-state index contributed by atoms with van der Waals surface area (Å²) in [4.78, 5) is 7.70. The van der Waals surface area contributed by atoms with Gasteiger partial charge in [0.1, 0.15) is 0 Å². The molecule has 1 aliphatic carbocycles. The van der Waals surface area contributed by atoms with Gasteiger partial charge in [0.15, 0.2) is 4.47 Å². The van der Waals surface area contributed by atoms with E-state index in [1.54, 1.807) is 11.3 Å². The molecule has 16 heavy (non-hydrogen) atoms. The van der Waals surface area contributed by atoms with E-state index in [9.17, 15) is 0 Å². The van der Waals surface area contributed by atoms with Crippen LogP contribution in [0.25, 0.3) is 0 Å². The fourth-order valence-electron chi connectivity index (χ4n) is 2.27. The highest BCUT2D eigenvalue weighted by atomic mass is 35.5. The van der Waals surface area contributed by atoms with Gasteiger partial charge in [-0.05, 0) is 32.7 Å². The molecule has 1 aliphatic rings. The minimum Gasteiger partial charge on any atom is -0.328 e. The zero-order chi connectivity index (χ0) is 11.5. The van der Waals surface area contributed by atoms with Crippen LogP contribution < -0.4 is 5.73 Å². The maximum atomic E-state index is 5.91. The molecular formula is C11H18ClN3S. The number of nitrogens with zero attached hydrogens (tertiary/aromatic N) is 2. The van der Waals surface area contributed by atoms with E-state index in [1.165, 1.54) is 17.7 Å². The Kier molecular flexibility index (Phi) is 4.19. The van der Waals surface area contributed by atoms with Crippen molar-refractivity contribution in [2.45, 2.75) is 44.3 Å². The number of rotatable bonds is 3. The Balaban J connectivity index is 1.85. The first kappa shape index (κ1) is 12.3. The van der Waals surface area contributed by atoms with Crippen LogP contribution in [0.15, 0.2) is 6.20 Å². The quantitative estimate of drug-likeness (QED) is 0.907. The molecule has 0 saturated heterocycles. The van der Waals surface area contributed by atoms with E-state index in [4.69, 9.17) is 17.3 Å². The molecule has 5 heteroatoms. The molecule has 90 valence electrons. The van der Waals surface area contributed by atoms with Gasteiger partial charge in [0.25, 0.3) is 0 Å². The van der Waals surface area contributed by atoms with E-state index in [2.05, 4.69) is 16.9 Å². The highest BCUT2D eigenvalue weighted by molar-refractivity contribution is 7.15. The van der Waals surface area contributed by atoms with Crippen molar-refractivity contribution in [2.24, 2.45) is 5.73 Å². The van der Waals surface area contributed by atoms with Crippen molar-refractivity contribution >= 4 is 22.9 Å². The van der Waals surface area contributed by atoms with Crippen LogP contribution in [0.1, 0.15) is 30.6 Å². The molecule has 0 spiro atoms. The SMILES string of the molecule is CN(Cc1cnc(Cl)s1)C1CCC(N)CC1. The maximum absolute atomic E-state index is 5.91. The third-order valence-corrected chi connectivity index (χ3v) is 4.39. The first-order chi connectivity index (χ1) is 7.65. The smallest absolute Gasteiger partial charge is 0.183 e. The summed E-state index contributed by atoms with van der Waals surface area (Å²) in [5.74, 6) is 0. The second-order valence-electron chi connectivity index (χ2n) is 4.56. The van der Waals surface area contributed by atoms with E-state index in [0.29, 0.717) is 16.6 Å². The molecule has 0 amide bonds. The Morgan fingerprint density at radius 1 is 1.50 bits per heavy atom. The topological polar surface area (TPSA) is 42.2 Å². The lowest BCUT2D eigenvalue weighted by molar-refractivity contribution is 0.177. The highest BCUT2D eigenvalue weighted by Gasteiger charge is 2.22. The van der Waals surface area contributed by atoms with Gasteiger partial charge in [-0.25, -0.2) is 4.98 Å². The van der Waals surface area contributed by atoms with E-state index in [0.717, 1.165) is 19.4 Å². The molecule has 2 N–H and O–H groups in total. The Morgan fingerprint density at radius 2 is 2.19 bits per heavy atom. The van der Waals surface area contributed by atoms with Crippen molar-refractivity contribution in [3.8, 4) is 0 Å². The van der Waals surface area contributed by atoms with Crippen LogP contribution in [0.3, 0.4) is 0 Å². The standard InChI is InChI=1S/C11H18ClN3S/c1-15(7-10-6-14-11(12)16-10)9-4-2-8(13)3-5-9/h6,8-9H,2-5,7,13H2,1H3. The molecule has 0 aliphatic heterocycles. The van der Waals surface area contributed by atoms with Crippen molar-refractivity contribution < 1.29 is 0 Å². The molecule has 1 saturated carbocycles. The summed E-state index contributed by atoms with van der Waals surface area (Å²) in [5.41, 5.74) is 5.91. The van der Waals surface area contributed by atoms with Crippen LogP contribution >= 0.6 is 22.9 Å². The van der Waals surface area contributed by atoms with Gasteiger partial charge in [0.05, 0.1) is 0 Å². The Bertz CT molecular complexity index is 334. The Labute approximate surface area is 106 Å². The fourth-order valence-corrected chi connectivity index (χ4v) is 3.32. The van der Waals surface area contributed by atoms with Gasteiger partial charge in [-0.3, -0.25) is 4.90 Å². The molecule has 2 rings (SSSR count). The summed E-state index contributed by atoms with van der Waals surface area (Å²) < 4.78 is 0.633. The normalized spacial score (nSPS) is 26.2. The van der Waals surface area contributed by atoms with Crippen LogP contribution in [0.2, 0.25) is 4.47 Å². The van der Waals surface area contributed by atoms with Gasteiger partial charge in [-0.2, -0.15) is 0 Å². The fraction of sp³-hybridized carbons (Fsp3) is 0.727. The van der Waals surface area contributed by atoms with Crippen molar-refractivity contribution in [1.29, 1.82) is 0 Å². The molecule has 1 fully saturated rings. The van der Waals surface area contributed by atoms with E-state index < -0.39 is 0 Å². The summed E-state index contributed by atoms with van der Waals surface area (Å²) in [5, 5.41) is 0. The molecular weight excluding hydrogens is 242 g/mol. The number of thiazole rings is 1. The molecule has 1 aromatic rings. The summed E-state index contributed by atoms with van der Waals surface area (Å²) in [6, 6.07) is 1.09. The van der Waals surface area contributed by atoms with Gasteiger partial charge >= 0.3 is 0 Å². The lowest BCUT2D eigenvalue weighted by atomic mass is 9.91. The lowest BCUT2D eigenvalue weighted by Crippen LogP contribution is -2.38. The van der Waals surface area contributed by atoms with E-state index in [-0.39, 0.29) is 0 Å². The van der Waals surface area contributed by atoms with Gasteiger partial charge in [0, 0.05) is 29.7 Å². The van der Waals surface area contributed by atoms with Crippen LogP contribution in [0.4, 0.5) is 0 Å².